The summed E-state index contributed by atoms with van der Waals surface area (Å²) in [5.41, 5.74) is 2.50. The third kappa shape index (κ3) is 5.66. The van der Waals surface area contributed by atoms with Crippen LogP contribution in [0.25, 0.3) is 11.2 Å². The number of fused-ring (bicyclic) bond motifs is 1. The lowest BCUT2D eigenvalue weighted by molar-refractivity contribution is -0.137. The van der Waals surface area contributed by atoms with Crippen LogP contribution < -0.4 is 10.6 Å². The lowest BCUT2D eigenvalue weighted by atomic mass is 10.1. The Morgan fingerprint density at radius 3 is 2.57 bits per heavy atom. The number of amides is 1. The molecule has 3 heterocycles. The van der Waals surface area contributed by atoms with Crippen molar-refractivity contribution in [1.29, 1.82) is 0 Å². The maximum absolute atomic E-state index is 12.8. The molecular formula is C24H21Cl2IN6O4. The molecule has 37 heavy (non-hydrogen) atoms. The van der Waals surface area contributed by atoms with Crippen molar-refractivity contribution in [2.45, 2.75) is 37.6 Å². The minimum absolute atomic E-state index is 0.0387. The van der Waals surface area contributed by atoms with Crippen molar-refractivity contribution in [1.82, 2.24) is 24.8 Å². The largest absolute Gasteiger partial charge is 0.387 e. The van der Waals surface area contributed by atoms with Crippen molar-refractivity contribution in [3.05, 3.63) is 79.9 Å². The van der Waals surface area contributed by atoms with Crippen LogP contribution in [0.5, 0.6) is 0 Å². The Morgan fingerprint density at radius 2 is 1.81 bits per heavy atom. The van der Waals surface area contributed by atoms with Gasteiger partial charge in [0.25, 0.3) is 5.91 Å². The van der Waals surface area contributed by atoms with Gasteiger partial charge >= 0.3 is 0 Å². The van der Waals surface area contributed by atoms with Crippen molar-refractivity contribution < 1.29 is 19.7 Å². The Kier molecular flexibility index (Phi) is 7.79. The molecule has 192 valence electrons. The smallest absolute Gasteiger partial charge is 0.252 e. The summed E-state index contributed by atoms with van der Waals surface area (Å²) in [5, 5.41) is 27.7. The second-order valence-corrected chi connectivity index (χ2v) is 10.4. The molecule has 10 nitrogen and oxygen atoms in total. The lowest BCUT2D eigenvalue weighted by Crippen LogP contribution is -2.42. The van der Waals surface area contributed by atoms with E-state index in [0.29, 0.717) is 22.9 Å². The third-order valence-corrected chi connectivity index (χ3v) is 6.94. The Hall–Kier alpha value is -2.55. The predicted octanol–water partition coefficient (Wildman–Crippen LogP) is 3.29. The van der Waals surface area contributed by atoms with E-state index in [4.69, 9.17) is 27.9 Å². The molecule has 4 N–H and O–H groups in total. The number of imidazole rings is 1. The van der Waals surface area contributed by atoms with Crippen LogP contribution in [0.3, 0.4) is 0 Å². The van der Waals surface area contributed by atoms with Gasteiger partial charge < -0.3 is 25.6 Å². The number of carbonyl (C=O) groups excluding carboxylic acids is 1. The van der Waals surface area contributed by atoms with Gasteiger partial charge in [-0.3, -0.25) is 9.36 Å². The first kappa shape index (κ1) is 26.1. The number of halogens is 3. The lowest BCUT2D eigenvalue weighted by Gasteiger charge is -2.16. The van der Waals surface area contributed by atoms with E-state index in [2.05, 4.69) is 48.2 Å². The molecule has 0 bridgehead atoms. The third-order valence-electron chi connectivity index (χ3n) is 5.87. The number of anilines is 1. The quantitative estimate of drug-likeness (QED) is 0.176. The van der Waals surface area contributed by atoms with Crippen LogP contribution in [-0.2, 0) is 22.6 Å². The average Bonchev–Trinajstić information content (AvgIpc) is 3.41. The summed E-state index contributed by atoms with van der Waals surface area (Å²) in [5.74, 6) is -0.178. The monoisotopic (exact) mass is 654 g/mol. The second kappa shape index (κ2) is 11.1. The van der Waals surface area contributed by atoms with E-state index in [9.17, 15) is 15.0 Å². The molecule has 1 amide bonds. The SMILES string of the molecule is O=C(NCc1cccc(Cl)c1)[C@H]1O[C@@H](n2cnc3c(NCc4cccc(I)c4)nc(Cl)nc32)[C@H](O)[C@@H]1O. The van der Waals surface area contributed by atoms with E-state index >= 15 is 0 Å². The summed E-state index contributed by atoms with van der Waals surface area (Å²) in [6.07, 6.45) is -3.93. The van der Waals surface area contributed by atoms with Gasteiger partial charge in [0.15, 0.2) is 29.3 Å². The van der Waals surface area contributed by atoms with Crippen LogP contribution in [0.2, 0.25) is 10.3 Å². The molecule has 0 spiro atoms. The van der Waals surface area contributed by atoms with E-state index in [1.807, 2.05) is 24.3 Å². The van der Waals surface area contributed by atoms with Gasteiger partial charge in [0.2, 0.25) is 5.28 Å². The fraction of sp³-hybridized carbons (Fsp3) is 0.250. The van der Waals surface area contributed by atoms with E-state index in [0.717, 1.165) is 14.7 Å². The Labute approximate surface area is 235 Å². The highest BCUT2D eigenvalue weighted by molar-refractivity contribution is 14.1. The van der Waals surface area contributed by atoms with Gasteiger partial charge in [-0.1, -0.05) is 35.9 Å². The summed E-state index contributed by atoms with van der Waals surface area (Å²) < 4.78 is 8.32. The maximum atomic E-state index is 12.8. The summed E-state index contributed by atoms with van der Waals surface area (Å²) in [6, 6.07) is 15.0. The Bertz CT molecular complexity index is 1450. The van der Waals surface area contributed by atoms with Crippen LogP contribution in [0.4, 0.5) is 5.82 Å². The molecule has 4 aromatic rings. The Balaban J connectivity index is 1.34. The Morgan fingerprint density at radius 1 is 1.05 bits per heavy atom. The summed E-state index contributed by atoms with van der Waals surface area (Å²) in [7, 11) is 0. The van der Waals surface area contributed by atoms with Crippen LogP contribution in [0.1, 0.15) is 17.4 Å². The van der Waals surface area contributed by atoms with Crippen molar-refractivity contribution in [2.75, 3.05) is 5.32 Å². The van der Waals surface area contributed by atoms with Crippen molar-refractivity contribution in [2.24, 2.45) is 0 Å². The number of benzene rings is 2. The molecule has 0 radical (unpaired) electrons. The normalized spacial score (nSPS) is 21.3. The number of ether oxygens (including phenoxy) is 1. The average molecular weight is 655 g/mol. The molecule has 0 unspecified atom stereocenters. The van der Waals surface area contributed by atoms with Gasteiger partial charge in [-0.25, -0.2) is 4.98 Å². The van der Waals surface area contributed by atoms with Crippen molar-refractivity contribution in [3.63, 3.8) is 0 Å². The number of carbonyl (C=O) groups is 1. The van der Waals surface area contributed by atoms with Gasteiger partial charge in [0.1, 0.15) is 12.2 Å². The first-order valence-electron chi connectivity index (χ1n) is 11.2. The highest BCUT2D eigenvalue weighted by atomic mass is 127. The van der Waals surface area contributed by atoms with Gasteiger partial charge in [-0.05, 0) is 69.6 Å². The topological polar surface area (TPSA) is 134 Å². The van der Waals surface area contributed by atoms with Gasteiger partial charge in [0, 0.05) is 21.7 Å². The fourth-order valence-electron chi connectivity index (χ4n) is 4.07. The molecule has 1 aliphatic heterocycles. The van der Waals surface area contributed by atoms with Crippen LogP contribution in [0, 0.1) is 3.57 Å². The molecule has 2 aromatic carbocycles. The van der Waals surface area contributed by atoms with Crippen LogP contribution >= 0.6 is 45.8 Å². The zero-order valence-electron chi connectivity index (χ0n) is 19.1. The molecule has 2 aromatic heterocycles. The van der Waals surface area contributed by atoms with Crippen LogP contribution in [-0.4, -0.2) is 54.0 Å². The number of aliphatic hydroxyl groups is 2. The van der Waals surface area contributed by atoms with E-state index in [1.54, 1.807) is 24.3 Å². The zero-order chi connectivity index (χ0) is 26.1. The maximum Gasteiger partial charge on any atom is 0.252 e. The number of hydrogen-bond acceptors (Lipinski definition) is 8. The number of rotatable bonds is 7. The molecule has 0 saturated carbocycles. The second-order valence-electron chi connectivity index (χ2n) is 8.42. The van der Waals surface area contributed by atoms with Gasteiger partial charge in [-0.2, -0.15) is 9.97 Å². The number of hydrogen-bond donors (Lipinski definition) is 4. The van der Waals surface area contributed by atoms with Gasteiger partial charge in [0.05, 0.1) is 6.33 Å². The van der Waals surface area contributed by atoms with Crippen molar-refractivity contribution in [3.8, 4) is 0 Å². The van der Waals surface area contributed by atoms with E-state index in [1.165, 1.54) is 10.9 Å². The summed E-state index contributed by atoms with van der Waals surface area (Å²) in [6.45, 7) is 0.654. The molecule has 4 atom stereocenters. The molecule has 1 fully saturated rings. The van der Waals surface area contributed by atoms with E-state index < -0.39 is 30.4 Å². The molecule has 1 aliphatic rings. The number of aromatic nitrogens is 4. The first-order chi connectivity index (χ1) is 17.8. The standard InChI is InChI=1S/C24H21Cl2IN6O4/c25-14-5-1-3-12(7-14)10-29-22(36)19-17(34)18(35)23(37-19)33-11-30-16-20(31-24(26)32-21(16)33)28-9-13-4-2-6-15(27)8-13/h1-8,11,17-19,23,34-35H,9-10H2,(H,29,36)(H,28,31,32)/t17-,18+,19-,23+/m0/s1. The minimum Gasteiger partial charge on any atom is -0.387 e. The van der Waals surface area contributed by atoms with Crippen molar-refractivity contribution >= 4 is 68.7 Å². The molecule has 1 saturated heterocycles. The molecule has 13 heteroatoms. The van der Waals surface area contributed by atoms with E-state index in [-0.39, 0.29) is 17.5 Å². The fourth-order valence-corrected chi connectivity index (χ4v) is 5.06. The number of nitrogens with one attached hydrogen (secondary N) is 2. The summed E-state index contributed by atoms with van der Waals surface area (Å²) in [4.78, 5) is 25.7. The number of aliphatic hydroxyl groups excluding tert-OH is 2. The first-order valence-corrected chi connectivity index (χ1v) is 13.1. The summed E-state index contributed by atoms with van der Waals surface area (Å²) >= 11 is 14.4. The number of nitrogens with zero attached hydrogens (tertiary/aromatic N) is 4. The van der Waals surface area contributed by atoms with Crippen LogP contribution in [0.15, 0.2) is 54.9 Å². The molecule has 5 rings (SSSR count). The highest BCUT2D eigenvalue weighted by Crippen LogP contribution is 2.33. The molecular weight excluding hydrogens is 634 g/mol. The highest BCUT2D eigenvalue weighted by Gasteiger charge is 2.47. The van der Waals surface area contributed by atoms with Gasteiger partial charge in [-0.15, -0.1) is 0 Å². The minimum atomic E-state index is -1.47. The predicted molar refractivity (Wildman–Crippen MR) is 146 cm³/mol. The zero-order valence-corrected chi connectivity index (χ0v) is 22.7. The molecule has 0 aliphatic carbocycles.